The number of allylic oxidation sites excluding steroid dienone is 2. The van der Waals surface area contributed by atoms with E-state index >= 15 is 0 Å². The van der Waals surface area contributed by atoms with Gasteiger partial charge in [-0.05, 0) is 108 Å². The van der Waals surface area contributed by atoms with Gasteiger partial charge in [0.25, 0.3) is 0 Å². The average Bonchev–Trinajstić information content (AvgIpc) is 3.39. The molecule has 0 aliphatic rings. The molecular formula is C64H76N2O4. The summed E-state index contributed by atoms with van der Waals surface area (Å²) in [6.07, 6.45) is 30.0. The van der Waals surface area contributed by atoms with Crippen molar-refractivity contribution in [3.63, 3.8) is 0 Å². The zero-order valence-electron chi connectivity index (χ0n) is 42.5. The van der Waals surface area contributed by atoms with Crippen LogP contribution in [0.4, 0.5) is 0 Å². The van der Waals surface area contributed by atoms with Crippen molar-refractivity contribution in [1.29, 1.82) is 10.5 Å². The third-order valence-electron chi connectivity index (χ3n) is 12.1. The van der Waals surface area contributed by atoms with Gasteiger partial charge in [-0.15, -0.1) is 0 Å². The maximum atomic E-state index is 10.7. The lowest BCUT2D eigenvalue weighted by molar-refractivity contribution is 0.295. The molecule has 0 saturated heterocycles. The predicted molar refractivity (Wildman–Crippen MR) is 296 cm³/mol. The van der Waals surface area contributed by atoms with Crippen LogP contribution in [0.3, 0.4) is 0 Å². The summed E-state index contributed by atoms with van der Waals surface area (Å²) in [5.41, 5.74) is 8.25. The molecule has 5 rings (SSSR count). The van der Waals surface area contributed by atoms with Crippen LogP contribution >= 0.6 is 0 Å². The van der Waals surface area contributed by atoms with Gasteiger partial charge in [0, 0.05) is 11.1 Å². The summed E-state index contributed by atoms with van der Waals surface area (Å²) in [6, 6.07) is 41.5. The standard InChI is InChI=1S/C64H76N2O4/c1-5-9-13-17-41-67-59-37-33-53(34-38-59)23-21-51-25-29-55(30-26-51)45-57(49-65)61-47-64(70-44-20-16-12-8-4)62(48-63(61)69-43-19-15-11-7-3)58(50-66)46-56-31-27-52(28-32-56)22-24-54-35-39-60(40-36-54)68-42-18-14-10-6-2/h21-40,45-48H,5-20,41-44H2,1-4H3/b23-21+,24-22+,57-45+,58-46+. The van der Waals surface area contributed by atoms with Crippen molar-refractivity contribution in [2.45, 2.75) is 130 Å². The molecule has 0 saturated carbocycles. The van der Waals surface area contributed by atoms with Gasteiger partial charge < -0.3 is 18.9 Å². The molecule has 0 aliphatic carbocycles. The SMILES string of the molecule is CCCCCCOc1ccc(/C=C/c2ccc(/C=C(\C#N)c3cc(OCCCCCC)c(/C(C#N)=C/c4ccc(/C=C/c5ccc(OCCCCCC)cc5)cc4)cc3OCCCCCC)cc2)cc1. The molecule has 0 unspecified atom stereocenters. The number of ether oxygens (including phenoxy) is 4. The summed E-state index contributed by atoms with van der Waals surface area (Å²) in [5, 5.41) is 21.5. The summed E-state index contributed by atoms with van der Waals surface area (Å²) < 4.78 is 24.9. The van der Waals surface area contributed by atoms with Crippen LogP contribution in [0.1, 0.15) is 175 Å². The Labute approximate surface area is 421 Å². The maximum absolute atomic E-state index is 10.7. The highest BCUT2D eigenvalue weighted by Gasteiger charge is 2.19. The largest absolute Gasteiger partial charge is 0.494 e. The van der Waals surface area contributed by atoms with Crippen LogP contribution in [-0.4, -0.2) is 26.4 Å². The van der Waals surface area contributed by atoms with Gasteiger partial charge in [-0.25, -0.2) is 0 Å². The minimum absolute atomic E-state index is 0.454. The first kappa shape index (κ1) is 54.2. The Hall–Kier alpha value is -6.76. The topological polar surface area (TPSA) is 84.5 Å². The molecule has 0 atom stereocenters. The first-order valence-electron chi connectivity index (χ1n) is 26.2. The maximum Gasteiger partial charge on any atom is 0.128 e. The predicted octanol–water partition coefficient (Wildman–Crippen LogP) is 18.0. The van der Waals surface area contributed by atoms with E-state index in [1.54, 1.807) is 0 Å². The number of unbranched alkanes of at least 4 members (excludes halogenated alkanes) is 12. The Balaban J connectivity index is 1.38. The normalized spacial score (nSPS) is 11.7. The smallest absolute Gasteiger partial charge is 0.128 e. The zero-order valence-corrected chi connectivity index (χ0v) is 42.5. The number of nitriles is 2. The Morgan fingerprint density at radius 1 is 0.357 bits per heavy atom. The third kappa shape index (κ3) is 19.3. The molecule has 0 fully saturated rings. The van der Waals surface area contributed by atoms with Gasteiger partial charge in [0.15, 0.2) is 0 Å². The molecule has 70 heavy (non-hydrogen) atoms. The molecule has 0 amide bonds. The zero-order chi connectivity index (χ0) is 49.4. The summed E-state index contributed by atoms with van der Waals surface area (Å²) in [4.78, 5) is 0. The highest BCUT2D eigenvalue weighted by Crippen LogP contribution is 2.39. The van der Waals surface area contributed by atoms with Crippen LogP contribution in [-0.2, 0) is 0 Å². The summed E-state index contributed by atoms with van der Waals surface area (Å²) >= 11 is 0. The monoisotopic (exact) mass is 937 g/mol. The van der Waals surface area contributed by atoms with Crippen molar-refractivity contribution in [1.82, 2.24) is 0 Å². The second kappa shape index (κ2) is 32.1. The van der Waals surface area contributed by atoms with Crippen LogP contribution in [0, 0.1) is 22.7 Å². The van der Waals surface area contributed by atoms with Gasteiger partial charge in [0.1, 0.15) is 23.0 Å². The van der Waals surface area contributed by atoms with Crippen LogP contribution in [0.15, 0.2) is 109 Å². The van der Waals surface area contributed by atoms with Crippen LogP contribution < -0.4 is 18.9 Å². The lowest BCUT2D eigenvalue weighted by atomic mass is 9.96. The minimum atomic E-state index is 0.454. The number of hydrogen-bond acceptors (Lipinski definition) is 6. The second-order valence-electron chi connectivity index (χ2n) is 18.0. The Bertz CT molecular complexity index is 2310. The van der Waals surface area contributed by atoms with Crippen LogP contribution in [0.5, 0.6) is 23.0 Å². The summed E-state index contributed by atoms with van der Waals surface area (Å²) in [5.74, 6) is 2.90. The quantitative estimate of drug-likeness (QED) is 0.0243. The number of benzene rings is 5. The summed E-state index contributed by atoms with van der Waals surface area (Å²) in [6.45, 7) is 11.3. The van der Waals surface area contributed by atoms with E-state index in [0.717, 1.165) is 122 Å². The van der Waals surface area contributed by atoms with Crippen molar-refractivity contribution in [3.05, 3.63) is 154 Å². The van der Waals surface area contributed by atoms with E-state index in [9.17, 15) is 10.5 Å². The van der Waals surface area contributed by atoms with Crippen molar-refractivity contribution in [2.24, 2.45) is 0 Å². The van der Waals surface area contributed by atoms with Gasteiger partial charge in [-0.1, -0.05) is 202 Å². The molecule has 0 heterocycles. The van der Waals surface area contributed by atoms with Crippen molar-refractivity contribution >= 4 is 47.6 Å². The molecule has 0 spiro atoms. The van der Waals surface area contributed by atoms with E-state index in [0.29, 0.717) is 47.0 Å². The van der Waals surface area contributed by atoms with E-state index in [4.69, 9.17) is 18.9 Å². The van der Waals surface area contributed by atoms with E-state index < -0.39 is 0 Å². The Kier molecular flexibility index (Phi) is 24.9. The van der Waals surface area contributed by atoms with Gasteiger partial charge >= 0.3 is 0 Å². The Morgan fingerprint density at radius 2 is 0.629 bits per heavy atom. The molecule has 0 aliphatic heterocycles. The van der Waals surface area contributed by atoms with Crippen LogP contribution in [0.25, 0.3) is 47.6 Å². The molecule has 0 N–H and O–H groups in total. The first-order chi connectivity index (χ1) is 34.5. The lowest BCUT2D eigenvalue weighted by Gasteiger charge is -2.18. The molecule has 366 valence electrons. The van der Waals surface area contributed by atoms with Crippen molar-refractivity contribution < 1.29 is 18.9 Å². The fourth-order valence-corrected chi connectivity index (χ4v) is 7.90. The lowest BCUT2D eigenvalue weighted by Crippen LogP contribution is -2.05. The van der Waals surface area contributed by atoms with Crippen molar-refractivity contribution in [3.8, 4) is 35.1 Å². The average molecular weight is 937 g/mol. The summed E-state index contributed by atoms with van der Waals surface area (Å²) in [7, 11) is 0. The van der Waals surface area contributed by atoms with Gasteiger partial charge in [0.05, 0.1) is 49.7 Å². The molecule has 0 aromatic heterocycles. The second-order valence-corrected chi connectivity index (χ2v) is 18.0. The van der Waals surface area contributed by atoms with Crippen LogP contribution in [0.2, 0.25) is 0 Å². The molecule has 6 nitrogen and oxygen atoms in total. The van der Waals surface area contributed by atoms with E-state index in [-0.39, 0.29) is 0 Å². The Morgan fingerprint density at radius 3 is 0.914 bits per heavy atom. The highest BCUT2D eigenvalue weighted by atomic mass is 16.5. The molecular weight excluding hydrogens is 861 g/mol. The number of nitrogens with zero attached hydrogens (tertiary/aromatic N) is 2. The van der Waals surface area contributed by atoms with E-state index in [1.165, 1.54) is 38.5 Å². The molecule has 0 bridgehead atoms. The van der Waals surface area contributed by atoms with Gasteiger partial charge in [-0.2, -0.15) is 10.5 Å². The fraction of sp³-hybridized carbons (Fsp3) is 0.375. The fourth-order valence-electron chi connectivity index (χ4n) is 7.90. The van der Waals surface area contributed by atoms with Crippen molar-refractivity contribution in [2.75, 3.05) is 26.4 Å². The first-order valence-corrected chi connectivity index (χ1v) is 26.2. The molecule has 5 aromatic carbocycles. The highest BCUT2D eigenvalue weighted by molar-refractivity contribution is 5.96. The van der Waals surface area contributed by atoms with Gasteiger partial charge in [-0.3, -0.25) is 0 Å². The molecule has 5 aromatic rings. The molecule has 6 heteroatoms. The third-order valence-corrected chi connectivity index (χ3v) is 12.1. The van der Waals surface area contributed by atoms with Gasteiger partial charge in [0.2, 0.25) is 0 Å². The number of hydrogen-bond donors (Lipinski definition) is 0. The minimum Gasteiger partial charge on any atom is -0.494 e. The number of rotatable bonds is 32. The van der Waals surface area contributed by atoms with E-state index in [1.807, 2.05) is 72.8 Å². The molecule has 0 radical (unpaired) electrons. The van der Waals surface area contributed by atoms with E-state index in [2.05, 4.69) is 113 Å².